The molecule has 1 fully saturated rings. The Bertz CT molecular complexity index is 967. The predicted molar refractivity (Wildman–Crippen MR) is 108 cm³/mol. The van der Waals surface area contributed by atoms with Crippen molar-refractivity contribution >= 4 is 46.0 Å². The van der Waals surface area contributed by atoms with Gasteiger partial charge in [0.15, 0.2) is 0 Å². The van der Waals surface area contributed by atoms with Gasteiger partial charge in [-0.2, -0.15) is 0 Å². The van der Waals surface area contributed by atoms with E-state index >= 15 is 0 Å². The Morgan fingerprint density at radius 3 is 2.69 bits per heavy atom. The van der Waals surface area contributed by atoms with E-state index in [0.29, 0.717) is 29.8 Å². The third kappa shape index (κ3) is 4.96. The average Bonchev–Trinajstić information content (AvgIpc) is 3.07. The van der Waals surface area contributed by atoms with E-state index in [1.165, 1.54) is 23.1 Å². The number of hydrogen-bond acceptors (Lipinski definition) is 5. The Hall–Kier alpha value is -2.85. The molecule has 1 unspecified atom stereocenters. The molecule has 1 aromatic carbocycles. The number of halogens is 2. The molecule has 1 aliphatic rings. The van der Waals surface area contributed by atoms with Gasteiger partial charge >= 0.3 is 18.0 Å². The molecule has 5 N–H and O–H groups in total. The topological polar surface area (TPSA) is 128 Å². The van der Waals surface area contributed by atoms with Gasteiger partial charge in [-0.05, 0) is 36.6 Å². The second-order valence-corrected chi connectivity index (χ2v) is 7.88. The highest BCUT2D eigenvalue weighted by Crippen LogP contribution is 2.37. The number of carbonyl (C=O) groups excluding carboxylic acids is 3. The first-order valence-electron chi connectivity index (χ1n) is 8.65. The van der Waals surface area contributed by atoms with Gasteiger partial charge in [0.2, 0.25) is 0 Å². The summed E-state index contributed by atoms with van der Waals surface area (Å²) in [5.74, 6) is -1.30. The Kier molecular flexibility index (Phi) is 6.23. The van der Waals surface area contributed by atoms with Gasteiger partial charge < -0.3 is 21.1 Å². The predicted octanol–water partition coefficient (Wildman–Crippen LogP) is 3.40. The number of urea groups is 2. The maximum absolute atomic E-state index is 13.8. The second-order valence-electron chi connectivity index (χ2n) is 6.43. The Morgan fingerprint density at radius 2 is 2.03 bits per heavy atom. The molecule has 8 nitrogen and oxygen atoms in total. The number of benzene rings is 1. The zero-order valence-corrected chi connectivity index (χ0v) is 16.7. The molecule has 1 aliphatic heterocycles. The molecule has 11 heteroatoms. The van der Waals surface area contributed by atoms with Crippen LogP contribution in [0.15, 0.2) is 24.3 Å². The van der Waals surface area contributed by atoms with Crippen LogP contribution in [0.5, 0.6) is 0 Å². The minimum Gasteiger partial charge on any atom is -0.457 e. The molecule has 1 aromatic heterocycles. The maximum atomic E-state index is 13.8. The summed E-state index contributed by atoms with van der Waals surface area (Å²) in [6, 6.07) is 4.26. The first-order chi connectivity index (χ1) is 13.7. The number of rotatable bonds is 4. The second kappa shape index (κ2) is 8.66. The van der Waals surface area contributed by atoms with Crippen LogP contribution in [0.3, 0.4) is 0 Å². The average molecular weight is 441 g/mol. The zero-order chi connectivity index (χ0) is 21.1. The number of anilines is 1. The van der Waals surface area contributed by atoms with Crippen molar-refractivity contribution in [1.29, 1.82) is 0 Å². The molecule has 0 aliphatic carbocycles. The maximum Gasteiger partial charge on any atom is 0.341 e. The molecule has 0 bridgehead atoms. The quantitative estimate of drug-likeness (QED) is 0.629. The van der Waals surface area contributed by atoms with Crippen molar-refractivity contribution in [2.24, 2.45) is 11.5 Å². The highest BCUT2D eigenvalue weighted by atomic mass is 35.5. The van der Waals surface area contributed by atoms with E-state index in [4.69, 9.17) is 27.8 Å². The fraction of sp³-hybridized carbons (Fsp3) is 0.278. The molecule has 2 heterocycles. The lowest BCUT2D eigenvalue weighted by molar-refractivity contribution is 0.0129. The van der Waals surface area contributed by atoms with Crippen molar-refractivity contribution in [2.75, 3.05) is 18.4 Å². The molecule has 2 aromatic rings. The van der Waals surface area contributed by atoms with Gasteiger partial charge in [0.1, 0.15) is 16.9 Å². The molecule has 0 saturated carbocycles. The molecule has 3 rings (SSSR count). The first kappa shape index (κ1) is 20.9. The van der Waals surface area contributed by atoms with E-state index < -0.39 is 30.0 Å². The van der Waals surface area contributed by atoms with Crippen LogP contribution in [0.2, 0.25) is 5.02 Å². The van der Waals surface area contributed by atoms with E-state index in [1.54, 1.807) is 6.07 Å². The van der Waals surface area contributed by atoms with Gasteiger partial charge in [-0.25, -0.2) is 18.8 Å². The van der Waals surface area contributed by atoms with Crippen LogP contribution in [0.4, 0.5) is 19.0 Å². The lowest BCUT2D eigenvalue weighted by Gasteiger charge is -2.31. The van der Waals surface area contributed by atoms with Crippen molar-refractivity contribution in [3.05, 3.63) is 40.7 Å². The largest absolute Gasteiger partial charge is 0.457 e. The third-order valence-corrected chi connectivity index (χ3v) is 5.76. The van der Waals surface area contributed by atoms with E-state index in [-0.39, 0.29) is 22.1 Å². The van der Waals surface area contributed by atoms with Gasteiger partial charge in [-0.1, -0.05) is 17.7 Å². The third-order valence-electron chi connectivity index (χ3n) is 4.36. The summed E-state index contributed by atoms with van der Waals surface area (Å²) in [4.78, 5) is 37.3. The number of nitrogens with zero attached hydrogens (tertiary/aromatic N) is 1. The number of piperidine rings is 1. The SMILES string of the molecule is NC(=O)Nc1sc(-c2ccc(Cl)c(F)c2)cc1C(=O)OC1CCCN(C(N)=O)C1. The van der Waals surface area contributed by atoms with Crippen molar-refractivity contribution in [1.82, 2.24) is 4.90 Å². The number of primary amides is 2. The van der Waals surface area contributed by atoms with Gasteiger partial charge in [0, 0.05) is 11.4 Å². The lowest BCUT2D eigenvalue weighted by Crippen LogP contribution is -2.46. The minimum absolute atomic E-state index is 0.0308. The Labute approximate surface area is 174 Å². The molecule has 0 radical (unpaired) electrons. The van der Waals surface area contributed by atoms with Gasteiger partial charge in [-0.3, -0.25) is 5.32 Å². The Morgan fingerprint density at radius 1 is 1.28 bits per heavy atom. The van der Waals surface area contributed by atoms with Crippen LogP contribution >= 0.6 is 22.9 Å². The first-order valence-corrected chi connectivity index (χ1v) is 9.85. The normalized spacial score (nSPS) is 16.3. The number of esters is 1. The number of nitrogens with one attached hydrogen (secondary N) is 1. The molecule has 1 atom stereocenters. The summed E-state index contributed by atoms with van der Waals surface area (Å²) >= 11 is 6.75. The summed E-state index contributed by atoms with van der Waals surface area (Å²) in [6.07, 6.45) is 0.696. The summed E-state index contributed by atoms with van der Waals surface area (Å²) < 4.78 is 19.3. The molecular formula is C18H18ClFN4O4S. The standard InChI is InChI=1S/C18H18ClFN4O4S/c19-12-4-3-9(6-13(12)20)14-7-11(15(29-14)23-17(21)26)16(25)28-10-2-1-5-24(8-10)18(22)27/h3-4,6-7,10H,1-2,5,8H2,(H2,22,27)(H3,21,23,26). The summed E-state index contributed by atoms with van der Waals surface area (Å²) in [5.41, 5.74) is 11.0. The van der Waals surface area contributed by atoms with Crippen LogP contribution in [0, 0.1) is 5.82 Å². The van der Waals surface area contributed by atoms with Crippen molar-refractivity contribution in [3.63, 3.8) is 0 Å². The number of nitrogens with two attached hydrogens (primary N) is 2. The number of likely N-dealkylation sites (tertiary alicyclic amines) is 1. The van der Waals surface area contributed by atoms with Gasteiger partial charge in [0.25, 0.3) is 0 Å². The van der Waals surface area contributed by atoms with Crippen molar-refractivity contribution < 1.29 is 23.5 Å². The minimum atomic E-state index is -0.854. The van der Waals surface area contributed by atoms with Crippen LogP contribution in [0.25, 0.3) is 10.4 Å². The molecule has 1 saturated heterocycles. The summed E-state index contributed by atoms with van der Waals surface area (Å²) in [5, 5.41) is 2.53. The molecule has 29 heavy (non-hydrogen) atoms. The van der Waals surface area contributed by atoms with E-state index in [2.05, 4.69) is 5.32 Å². The Balaban J connectivity index is 1.85. The van der Waals surface area contributed by atoms with Crippen LogP contribution in [-0.4, -0.2) is 42.1 Å². The van der Waals surface area contributed by atoms with E-state index in [9.17, 15) is 18.8 Å². The highest BCUT2D eigenvalue weighted by Gasteiger charge is 2.27. The number of carbonyl (C=O) groups is 3. The number of hydrogen-bond donors (Lipinski definition) is 3. The fourth-order valence-electron chi connectivity index (χ4n) is 2.99. The van der Waals surface area contributed by atoms with Crippen LogP contribution in [-0.2, 0) is 4.74 Å². The van der Waals surface area contributed by atoms with Gasteiger partial charge in [0.05, 0.1) is 17.1 Å². The van der Waals surface area contributed by atoms with Crippen LogP contribution < -0.4 is 16.8 Å². The number of ether oxygens (including phenoxy) is 1. The fourth-order valence-corrected chi connectivity index (χ4v) is 4.15. The molecule has 154 valence electrons. The lowest BCUT2D eigenvalue weighted by atomic mass is 10.1. The van der Waals surface area contributed by atoms with Crippen LogP contribution in [0.1, 0.15) is 23.2 Å². The zero-order valence-electron chi connectivity index (χ0n) is 15.1. The highest BCUT2D eigenvalue weighted by molar-refractivity contribution is 7.20. The molecule has 4 amide bonds. The van der Waals surface area contributed by atoms with E-state index in [1.807, 2.05) is 0 Å². The van der Waals surface area contributed by atoms with Crippen molar-refractivity contribution in [3.8, 4) is 10.4 Å². The molecule has 0 spiro atoms. The van der Waals surface area contributed by atoms with E-state index in [0.717, 1.165) is 11.3 Å². The monoisotopic (exact) mass is 440 g/mol. The number of amides is 4. The summed E-state index contributed by atoms with van der Waals surface area (Å²) in [7, 11) is 0. The smallest absolute Gasteiger partial charge is 0.341 e. The molecular weight excluding hydrogens is 423 g/mol. The van der Waals surface area contributed by atoms with Crippen molar-refractivity contribution in [2.45, 2.75) is 18.9 Å². The number of thiophene rings is 1. The van der Waals surface area contributed by atoms with Gasteiger partial charge in [-0.15, -0.1) is 11.3 Å². The summed E-state index contributed by atoms with van der Waals surface area (Å²) in [6.45, 7) is 0.696.